The molecule has 0 saturated carbocycles. The summed E-state index contributed by atoms with van der Waals surface area (Å²) in [5.41, 5.74) is 1.29. The number of hydrogen-bond donors (Lipinski definition) is 1. The van der Waals surface area contributed by atoms with E-state index in [1.54, 1.807) is 30.3 Å². The first-order valence-electron chi connectivity index (χ1n) is 6.34. The van der Waals surface area contributed by atoms with Crippen LogP contribution in [0.2, 0.25) is 5.02 Å². The van der Waals surface area contributed by atoms with Gasteiger partial charge >= 0.3 is 0 Å². The van der Waals surface area contributed by atoms with Gasteiger partial charge in [-0.05, 0) is 43.3 Å². The summed E-state index contributed by atoms with van der Waals surface area (Å²) in [6.45, 7) is 1.51. The van der Waals surface area contributed by atoms with Gasteiger partial charge in [-0.15, -0.1) is 11.8 Å². The van der Waals surface area contributed by atoms with E-state index in [1.165, 1.54) is 18.7 Å². The van der Waals surface area contributed by atoms with Crippen molar-refractivity contribution in [1.29, 1.82) is 0 Å². The van der Waals surface area contributed by atoms with E-state index in [-0.39, 0.29) is 17.4 Å². The van der Waals surface area contributed by atoms with Crippen molar-refractivity contribution >= 4 is 40.7 Å². The van der Waals surface area contributed by atoms with Crippen molar-refractivity contribution in [3.8, 4) is 0 Å². The summed E-state index contributed by atoms with van der Waals surface area (Å²) in [7, 11) is 0. The molecule has 21 heavy (non-hydrogen) atoms. The summed E-state index contributed by atoms with van der Waals surface area (Å²) in [5, 5.41) is 3.42. The highest BCUT2D eigenvalue weighted by molar-refractivity contribution is 8.00. The monoisotopic (exact) mass is 319 g/mol. The van der Waals surface area contributed by atoms with Crippen molar-refractivity contribution in [3.63, 3.8) is 0 Å². The number of carbonyl (C=O) groups is 2. The molecule has 0 fully saturated rings. The fourth-order valence-corrected chi connectivity index (χ4v) is 2.73. The lowest BCUT2D eigenvalue weighted by Gasteiger charge is -2.06. The largest absolute Gasteiger partial charge is 0.325 e. The third-order valence-corrected chi connectivity index (χ3v) is 4.29. The molecule has 2 aromatic rings. The van der Waals surface area contributed by atoms with E-state index in [0.717, 1.165) is 4.90 Å². The predicted molar refractivity (Wildman–Crippen MR) is 87.3 cm³/mol. The lowest BCUT2D eigenvalue weighted by Crippen LogP contribution is -2.14. The number of nitrogens with one attached hydrogen (secondary N) is 1. The molecule has 0 saturated heterocycles. The van der Waals surface area contributed by atoms with Crippen LogP contribution in [0.3, 0.4) is 0 Å². The summed E-state index contributed by atoms with van der Waals surface area (Å²) < 4.78 is 0. The zero-order valence-corrected chi connectivity index (χ0v) is 13.0. The first-order valence-corrected chi connectivity index (χ1v) is 7.71. The van der Waals surface area contributed by atoms with Gasteiger partial charge in [0.05, 0.1) is 10.8 Å². The molecule has 1 N–H and O–H groups in total. The molecule has 0 aliphatic rings. The minimum absolute atomic E-state index is 0.00199. The van der Waals surface area contributed by atoms with E-state index in [1.807, 2.05) is 18.2 Å². The number of anilines is 1. The Morgan fingerprint density at radius 1 is 1.10 bits per heavy atom. The normalized spacial score (nSPS) is 10.2. The van der Waals surface area contributed by atoms with Gasteiger partial charge in [0.15, 0.2) is 5.78 Å². The topological polar surface area (TPSA) is 46.2 Å². The molecule has 0 aliphatic heterocycles. The zero-order valence-electron chi connectivity index (χ0n) is 11.4. The second kappa shape index (κ2) is 7.29. The van der Waals surface area contributed by atoms with Crippen LogP contribution in [-0.2, 0) is 4.79 Å². The number of Topliss-reactive ketones (excluding diaryl/α,β-unsaturated/α-hetero) is 1. The molecule has 1 amide bonds. The first kappa shape index (κ1) is 15.6. The summed E-state index contributed by atoms with van der Waals surface area (Å²) in [4.78, 5) is 23.9. The molecule has 0 atom stereocenters. The van der Waals surface area contributed by atoms with Crippen molar-refractivity contribution in [2.45, 2.75) is 11.8 Å². The van der Waals surface area contributed by atoms with E-state index in [4.69, 9.17) is 11.6 Å². The molecule has 3 nitrogen and oxygen atoms in total. The van der Waals surface area contributed by atoms with E-state index in [0.29, 0.717) is 16.3 Å². The van der Waals surface area contributed by atoms with E-state index >= 15 is 0 Å². The van der Waals surface area contributed by atoms with Gasteiger partial charge in [-0.1, -0.05) is 23.7 Å². The van der Waals surface area contributed by atoms with Crippen LogP contribution in [0.1, 0.15) is 17.3 Å². The Hall–Kier alpha value is -1.78. The van der Waals surface area contributed by atoms with Crippen LogP contribution in [0, 0.1) is 0 Å². The maximum atomic E-state index is 11.9. The molecular formula is C16H14ClNO2S. The van der Waals surface area contributed by atoms with E-state index in [9.17, 15) is 9.59 Å². The van der Waals surface area contributed by atoms with Crippen molar-refractivity contribution in [1.82, 2.24) is 0 Å². The minimum atomic E-state index is -0.115. The molecule has 0 spiro atoms. The zero-order chi connectivity index (χ0) is 15.2. The highest BCUT2D eigenvalue weighted by Crippen LogP contribution is 2.26. The van der Waals surface area contributed by atoms with Crippen LogP contribution in [0.25, 0.3) is 0 Å². The van der Waals surface area contributed by atoms with E-state index in [2.05, 4.69) is 5.32 Å². The van der Waals surface area contributed by atoms with Gasteiger partial charge in [-0.3, -0.25) is 9.59 Å². The van der Waals surface area contributed by atoms with Crippen LogP contribution < -0.4 is 5.32 Å². The lowest BCUT2D eigenvalue weighted by molar-refractivity contribution is -0.113. The molecule has 0 aliphatic carbocycles. The average Bonchev–Trinajstić information content (AvgIpc) is 2.47. The summed E-state index contributed by atoms with van der Waals surface area (Å²) in [6, 6.07) is 14.2. The fraction of sp³-hybridized carbons (Fsp3) is 0.125. The number of amides is 1. The highest BCUT2D eigenvalue weighted by Gasteiger charge is 2.06. The van der Waals surface area contributed by atoms with Crippen molar-refractivity contribution in [2.24, 2.45) is 0 Å². The number of thioether (sulfide) groups is 1. The molecule has 2 rings (SSSR count). The van der Waals surface area contributed by atoms with Crippen molar-refractivity contribution in [3.05, 3.63) is 59.1 Å². The molecular weight excluding hydrogens is 306 g/mol. The number of hydrogen-bond acceptors (Lipinski definition) is 3. The number of halogens is 1. The molecule has 108 valence electrons. The highest BCUT2D eigenvalue weighted by atomic mass is 35.5. The molecule has 0 bridgehead atoms. The summed E-state index contributed by atoms with van der Waals surface area (Å²) in [6.07, 6.45) is 0. The quantitative estimate of drug-likeness (QED) is 0.661. The Morgan fingerprint density at radius 3 is 2.38 bits per heavy atom. The minimum Gasteiger partial charge on any atom is -0.325 e. The van der Waals surface area contributed by atoms with Crippen molar-refractivity contribution < 1.29 is 9.59 Å². The lowest BCUT2D eigenvalue weighted by atomic mass is 10.1. The van der Waals surface area contributed by atoms with Crippen LogP contribution in [0.4, 0.5) is 5.69 Å². The maximum Gasteiger partial charge on any atom is 0.234 e. The smallest absolute Gasteiger partial charge is 0.234 e. The first-order chi connectivity index (χ1) is 10.1. The van der Waals surface area contributed by atoms with E-state index < -0.39 is 0 Å². The molecule has 0 heterocycles. The number of carbonyl (C=O) groups excluding carboxylic acids is 2. The van der Waals surface area contributed by atoms with Gasteiger partial charge in [0, 0.05) is 16.1 Å². The maximum absolute atomic E-state index is 11.9. The van der Waals surface area contributed by atoms with Gasteiger partial charge in [0.2, 0.25) is 5.91 Å². The number of rotatable bonds is 5. The summed E-state index contributed by atoms with van der Waals surface area (Å²) >= 11 is 7.41. The third-order valence-electron chi connectivity index (χ3n) is 2.77. The Labute approximate surface area is 132 Å². The third kappa shape index (κ3) is 4.62. The SMILES string of the molecule is CC(=O)c1ccc(NC(=O)CSc2ccccc2Cl)cc1. The molecule has 0 unspecified atom stereocenters. The fourth-order valence-electron chi connectivity index (χ4n) is 1.69. The van der Waals surface area contributed by atoms with Gasteiger partial charge in [-0.25, -0.2) is 0 Å². The second-order valence-corrected chi connectivity index (χ2v) is 5.83. The van der Waals surface area contributed by atoms with Crippen molar-refractivity contribution in [2.75, 3.05) is 11.1 Å². The average molecular weight is 320 g/mol. The predicted octanol–water partition coefficient (Wildman–Crippen LogP) is 4.27. The van der Waals surface area contributed by atoms with Gasteiger partial charge in [0.25, 0.3) is 0 Å². The standard InChI is InChI=1S/C16H14ClNO2S/c1-11(19)12-6-8-13(9-7-12)18-16(20)10-21-15-5-3-2-4-14(15)17/h2-9H,10H2,1H3,(H,18,20). The van der Waals surface area contributed by atoms with Crippen LogP contribution in [-0.4, -0.2) is 17.4 Å². The second-order valence-electron chi connectivity index (χ2n) is 4.40. The molecule has 5 heteroatoms. The van der Waals surface area contributed by atoms with Gasteiger partial charge in [0.1, 0.15) is 0 Å². The Balaban J connectivity index is 1.90. The number of benzene rings is 2. The van der Waals surface area contributed by atoms with Crippen LogP contribution >= 0.6 is 23.4 Å². The summed E-state index contributed by atoms with van der Waals surface area (Å²) in [5.74, 6) is 0.163. The van der Waals surface area contributed by atoms with Gasteiger partial charge in [-0.2, -0.15) is 0 Å². The Bertz CT molecular complexity index is 656. The number of ketones is 1. The van der Waals surface area contributed by atoms with Gasteiger partial charge < -0.3 is 5.32 Å². The molecule has 2 aromatic carbocycles. The Kier molecular flexibility index (Phi) is 5.42. The van der Waals surface area contributed by atoms with Crippen LogP contribution in [0.5, 0.6) is 0 Å². The molecule has 0 radical (unpaired) electrons. The molecule has 0 aromatic heterocycles. The Morgan fingerprint density at radius 2 is 1.76 bits per heavy atom. The van der Waals surface area contributed by atoms with Crippen LogP contribution in [0.15, 0.2) is 53.4 Å².